The van der Waals surface area contributed by atoms with Crippen molar-refractivity contribution in [3.8, 4) is 11.5 Å². The number of hydrogen-bond acceptors (Lipinski definition) is 4. The first-order valence-corrected chi connectivity index (χ1v) is 10.1. The molecule has 7 nitrogen and oxygen atoms in total. The van der Waals surface area contributed by atoms with Gasteiger partial charge in [-0.3, -0.25) is 9.59 Å². The van der Waals surface area contributed by atoms with Gasteiger partial charge in [-0.15, -0.1) is 0 Å². The number of amides is 2. The number of ether oxygens (including phenoxy) is 2. The second kappa shape index (κ2) is 9.03. The van der Waals surface area contributed by atoms with E-state index >= 15 is 0 Å². The van der Waals surface area contributed by atoms with Crippen LogP contribution in [0.25, 0.3) is 10.9 Å². The predicted octanol–water partition coefficient (Wildman–Crippen LogP) is 5.34. The molecule has 4 aromatic rings. The van der Waals surface area contributed by atoms with E-state index in [2.05, 4.69) is 15.6 Å². The summed E-state index contributed by atoms with van der Waals surface area (Å²) < 4.78 is 10.5. The van der Waals surface area contributed by atoms with E-state index < -0.39 is 0 Å². The maximum Gasteiger partial charge on any atom is 0.272 e. The van der Waals surface area contributed by atoms with E-state index in [1.54, 1.807) is 67.8 Å². The molecule has 0 spiro atoms. The lowest BCUT2D eigenvalue weighted by Crippen LogP contribution is -2.15. The molecule has 32 heavy (non-hydrogen) atoms. The molecule has 0 aliphatic carbocycles. The Morgan fingerprint density at radius 3 is 2.34 bits per heavy atom. The number of methoxy groups -OCH3 is 2. The van der Waals surface area contributed by atoms with E-state index in [0.717, 1.165) is 10.9 Å². The van der Waals surface area contributed by atoms with Crippen LogP contribution in [0.4, 0.5) is 11.4 Å². The van der Waals surface area contributed by atoms with Crippen LogP contribution in [0.15, 0.2) is 66.7 Å². The van der Waals surface area contributed by atoms with E-state index in [9.17, 15) is 9.59 Å². The number of carbonyl (C=O) groups is 2. The van der Waals surface area contributed by atoms with Crippen molar-refractivity contribution in [2.45, 2.75) is 0 Å². The fourth-order valence-corrected chi connectivity index (χ4v) is 3.43. The summed E-state index contributed by atoms with van der Waals surface area (Å²) in [5.74, 6) is 0.477. The van der Waals surface area contributed by atoms with Crippen molar-refractivity contribution in [2.75, 3.05) is 24.9 Å². The van der Waals surface area contributed by atoms with Crippen LogP contribution in [0.1, 0.15) is 20.8 Å². The first kappa shape index (κ1) is 21.3. The second-order valence-electron chi connectivity index (χ2n) is 6.97. The van der Waals surface area contributed by atoms with Crippen LogP contribution in [-0.4, -0.2) is 31.0 Å². The topological polar surface area (TPSA) is 92.5 Å². The number of nitrogens with one attached hydrogen (secondary N) is 3. The number of benzene rings is 3. The zero-order chi connectivity index (χ0) is 22.7. The quantitative estimate of drug-likeness (QED) is 0.370. The first-order chi connectivity index (χ1) is 15.5. The van der Waals surface area contributed by atoms with E-state index in [0.29, 0.717) is 39.2 Å². The highest BCUT2D eigenvalue weighted by molar-refractivity contribution is 6.31. The Hall–Kier alpha value is -3.97. The third-order valence-electron chi connectivity index (χ3n) is 4.89. The Balaban J connectivity index is 1.53. The Morgan fingerprint density at radius 2 is 1.62 bits per heavy atom. The lowest BCUT2D eigenvalue weighted by molar-refractivity contribution is 0.101. The van der Waals surface area contributed by atoms with Gasteiger partial charge < -0.3 is 25.1 Å². The summed E-state index contributed by atoms with van der Waals surface area (Å²) in [5, 5.41) is 7.08. The third-order valence-corrected chi connectivity index (χ3v) is 5.12. The third kappa shape index (κ3) is 4.53. The SMILES string of the molecule is COc1ccc(C(=O)Nc2cc(NC(=O)c3cc4cc(Cl)ccc4[nH]3)ccc2OC)cc1. The number of aromatic amines is 1. The summed E-state index contributed by atoms with van der Waals surface area (Å²) in [7, 11) is 3.07. The zero-order valence-corrected chi connectivity index (χ0v) is 18.1. The molecule has 8 heteroatoms. The standard InChI is InChI=1S/C24H20ClN3O4/c1-31-18-7-3-14(4-8-18)23(29)28-20-13-17(6-10-22(20)32-2)26-24(30)21-12-15-11-16(25)5-9-19(15)27-21/h3-13,27H,1-2H3,(H,26,30)(H,28,29). The number of H-pyrrole nitrogens is 1. The molecule has 0 bridgehead atoms. The minimum atomic E-state index is -0.324. The van der Waals surface area contributed by atoms with Crippen LogP contribution in [0.2, 0.25) is 5.02 Å². The largest absolute Gasteiger partial charge is 0.497 e. The first-order valence-electron chi connectivity index (χ1n) is 9.70. The van der Waals surface area contributed by atoms with Gasteiger partial charge in [0.05, 0.1) is 19.9 Å². The van der Waals surface area contributed by atoms with Crippen LogP contribution in [0.5, 0.6) is 11.5 Å². The molecule has 4 rings (SSSR count). The summed E-state index contributed by atoms with van der Waals surface area (Å²) in [5.41, 5.74) is 2.58. The Labute approximate surface area is 189 Å². The van der Waals surface area contributed by atoms with Gasteiger partial charge in [-0.1, -0.05) is 11.6 Å². The number of hydrogen-bond donors (Lipinski definition) is 3. The molecule has 0 aliphatic heterocycles. The molecule has 162 valence electrons. The van der Waals surface area contributed by atoms with Crippen LogP contribution in [0, 0.1) is 0 Å². The smallest absolute Gasteiger partial charge is 0.272 e. The highest BCUT2D eigenvalue weighted by atomic mass is 35.5. The average molecular weight is 450 g/mol. The lowest BCUT2D eigenvalue weighted by atomic mass is 10.2. The van der Waals surface area contributed by atoms with Gasteiger partial charge in [0, 0.05) is 27.2 Å². The fourth-order valence-electron chi connectivity index (χ4n) is 3.24. The van der Waals surface area contributed by atoms with Crippen LogP contribution >= 0.6 is 11.6 Å². The van der Waals surface area contributed by atoms with Gasteiger partial charge in [0.1, 0.15) is 17.2 Å². The van der Waals surface area contributed by atoms with Gasteiger partial charge in [0.25, 0.3) is 11.8 Å². The van der Waals surface area contributed by atoms with E-state index in [4.69, 9.17) is 21.1 Å². The van der Waals surface area contributed by atoms with Gasteiger partial charge in [0.15, 0.2) is 0 Å². The monoisotopic (exact) mass is 449 g/mol. The minimum absolute atomic E-state index is 0.318. The Bertz CT molecular complexity index is 1300. The second-order valence-corrected chi connectivity index (χ2v) is 7.40. The molecule has 0 radical (unpaired) electrons. The molecule has 0 unspecified atom stereocenters. The molecule has 1 aromatic heterocycles. The van der Waals surface area contributed by atoms with Gasteiger partial charge in [-0.25, -0.2) is 0 Å². The molecule has 3 N–H and O–H groups in total. The van der Waals surface area contributed by atoms with Crippen molar-refractivity contribution in [3.05, 3.63) is 83.0 Å². The van der Waals surface area contributed by atoms with E-state index in [1.807, 2.05) is 6.07 Å². The maximum atomic E-state index is 12.7. The molecule has 0 saturated carbocycles. The lowest BCUT2D eigenvalue weighted by Gasteiger charge is -2.13. The zero-order valence-electron chi connectivity index (χ0n) is 17.4. The molecule has 0 saturated heterocycles. The van der Waals surface area contributed by atoms with Crippen molar-refractivity contribution < 1.29 is 19.1 Å². The molecular weight excluding hydrogens is 430 g/mol. The molecule has 0 aliphatic rings. The van der Waals surface area contributed by atoms with Gasteiger partial charge in [0.2, 0.25) is 0 Å². The number of rotatable bonds is 6. The molecule has 2 amide bonds. The van der Waals surface area contributed by atoms with Crippen molar-refractivity contribution in [3.63, 3.8) is 0 Å². The van der Waals surface area contributed by atoms with E-state index in [-0.39, 0.29) is 11.8 Å². The number of carbonyl (C=O) groups excluding carboxylic acids is 2. The highest BCUT2D eigenvalue weighted by Crippen LogP contribution is 2.29. The van der Waals surface area contributed by atoms with E-state index in [1.165, 1.54) is 7.11 Å². The number of halogens is 1. The number of aromatic nitrogens is 1. The molecular formula is C24H20ClN3O4. The summed E-state index contributed by atoms with van der Waals surface area (Å²) in [4.78, 5) is 28.5. The van der Waals surface area contributed by atoms with Crippen LogP contribution in [0.3, 0.4) is 0 Å². The normalized spacial score (nSPS) is 10.6. The Kier molecular flexibility index (Phi) is 6.00. The maximum absolute atomic E-state index is 12.7. The van der Waals surface area contributed by atoms with Crippen LogP contribution in [-0.2, 0) is 0 Å². The van der Waals surface area contributed by atoms with Crippen LogP contribution < -0.4 is 20.1 Å². The fraction of sp³-hybridized carbons (Fsp3) is 0.0833. The van der Waals surface area contributed by atoms with Crippen molar-refractivity contribution >= 4 is 45.7 Å². The van der Waals surface area contributed by atoms with Crippen molar-refractivity contribution in [1.29, 1.82) is 0 Å². The predicted molar refractivity (Wildman–Crippen MR) is 125 cm³/mol. The summed E-state index contributed by atoms with van der Waals surface area (Å²) in [6, 6.07) is 18.8. The highest BCUT2D eigenvalue weighted by Gasteiger charge is 2.14. The Morgan fingerprint density at radius 1 is 0.844 bits per heavy atom. The number of anilines is 2. The molecule has 0 fully saturated rings. The summed E-state index contributed by atoms with van der Waals surface area (Å²) in [6.45, 7) is 0. The van der Waals surface area contributed by atoms with Gasteiger partial charge >= 0.3 is 0 Å². The minimum Gasteiger partial charge on any atom is -0.497 e. The summed E-state index contributed by atoms with van der Waals surface area (Å²) in [6.07, 6.45) is 0. The number of fused-ring (bicyclic) bond motifs is 1. The summed E-state index contributed by atoms with van der Waals surface area (Å²) >= 11 is 6.02. The molecule has 0 atom stereocenters. The average Bonchev–Trinajstić information content (AvgIpc) is 3.23. The van der Waals surface area contributed by atoms with Crippen molar-refractivity contribution in [1.82, 2.24) is 4.98 Å². The van der Waals surface area contributed by atoms with Gasteiger partial charge in [-0.2, -0.15) is 0 Å². The van der Waals surface area contributed by atoms with Gasteiger partial charge in [-0.05, 0) is 66.7 Å². The molecule has 1 heterocycles. The molecule has 3 aromatic carbocycles. The van der Waals surface area contributed by atoms with Crippen molar-refractivity contribution in [2.24, 2.45) is 0 Å².